The molecule has 1 N–H and O–H groups in total. The van der Waals surface area contributed by atoms with E-state index in [2.05, 4.69) is 21.2 Å². The molecule has 0 heterocycles. The maximum atomic E-state index is 14.1. The van der Waals surface area contributed by atoms with Crippen LogP contribution in [0.25, 0.3) is 0 Å². The minimum Gasteiger partial charge on any atom is -0.497 e. The van der Waals surface area contributed by atoms with Crippen LogP contribution >= 0.6 is 15.9 Å². The van der Waals surface area contributed by atoms with Crippen molar-refractivity contribution in [3.63, 3.8) is 0 Å². The molecule has 2 amide bonds. The van der Waals surface area contributed by atoms with E-state index >= 15 is 0 Å². The summed E-state index contributed by atoms with van der Waals surface area (Å²) in [6, 6.07) is 17.6. The standard InChI is InChI=1S/C31H38BrN3O6S/c1-6-7-17-33-31(37)23(3)34(20-24-9-8-10-25(32)18-24)30(36)21-35(28-19-26(40-4)13-16-29(28)41-5)42(38,39)27-14-11-22(2)12-15-27/h8-16,18-19,23H,6-7,17,20-21H2,1-5H3,(H,33,37)/t23-/m1/s1. The minimum absolute atomic E-state index is 0.00895. The number of ether oxygens (including phenoxy) is 2. The smallest absolute Gasteiger partial charge is 0.264 e. The summed E-state index contributed by atoms with van der Waals surface area (Å²) in [5.74, 6) is -0.257. The van der Waals surface area contributed by atoms with Gasteiger partial charge in [0, 0.05) is 23.6 Å². The summed E-state index contributed by atoms with van der Waals surface area (Å²) in [4.78, 5) is 28.7. The van der Waals surface area contributed by atoms with Crippen molar-refractivity contribution >= 4 is 43.5 Å². The summed E-state index contributed by atoms with van der Waals surface area (Å²) >= 11 is 3.46. The van der Waals surface area contributed by atoms with E-state index in [1.165, 1.54) is 37.3 Å². The lowest BCUT2D eigenvalue weighted by atomic mass is 10.1. The Morgan fingerprint density at radius 2 is 1.71 bits per heavy atom. The Labute approximate surface area is 257 Å². The lowest BCUT2D eigenvalue weighted by Gasteiger charge is -2.32. The van der Waals surface area contributed by atoms with Crippen LogP contribution in [0.2, 0.25) is 0 Å². The van der Waals surface area contributed by atoms with E-state index in [0.717, 1.165) is 32.7 Å². The molecule has 9 nitrogen and oxygen atoms in total. The van der Waals surface area contributed by atoms with Crippen molar-refractivity contribution in [2.45, 2.75) is 51.1 Å². The highest BCUT2D eigenvalue weighted by Crippen LogP contribution is 2.36. The van der Waals surface area contributed by atoms with E-state index in [1.54, 1.807) is 31.2 Å². The number of amides is 2. The molecule has 0 unspecified atom stereocenters. The molecule has 0 aliphatic rings. The molecule has 0 fully saturated rings. The molecular formula is C31H38BrN3O6S. The van der Waals surface area contributed by atoms with Crippen molar-refractivity contribution in [2.75, 3.05) is 31.6 Å². The number of nitrogens with one attached hydrogen (secondary N) is 1. The number of aryl methyl sites for hydroxylation is 1. The molecule has 0 spiro atoms. The maximum Gasteiger partial charge on any atom is 0.264 e. The van der Waals surface area contributed by atoms with Crippen LogP contribution in [0.3, 0.4) is 0 Å². The van der Waals surface area contributed by atoms with E-state index in [-0.39, 0.29) is 28.8 Å². The number of carbonyl (C=O) groups excluding carboxylic acids is 2. The molecule has 0 radical (unpaired) electrons. The molecule has 11 heteroatoms. The summed E-state index contributed by atoms with van der Waals surface area (Å²) < 4.78 is 41.0. The van der Waals surface area contributed by atoms with Gasteiger partial charge in [0.25, 0.3) is 10.0 Å². The number of unbranched alkanes of at least 4 members (excludes halogenated alkanes) is 1. The number of rotatable bonds is 14. The highest BCUT2D eigenvalue weighted by Gasteiger charge is 2.34. The van der Waals surface area contributed by atoms with Gasteiger partial charge in [0.2, 0.25) is 11.8 Å². The van der Waals surface area contributed by atoms with Gasteiger partial charge in [-0.3, -0.25) is 13.9 Å². The van der Waals surface area contributed by atoms with Crippen LogP contribution in [0.5, 0.6) is 11.5 Å². The largest absolute Gasteiger partial charge is 0.497 e. The molecule has 3 aromatic carbocycles. The second-order valence-corrected chi connectivity index (χ2v) is 12.6. The van der Waals surface area contributed by atoms with Crippen LogP contribution in [-0.2, 0) is 26.2 Å². The first kappa shape index (κ1) is 32.9. The number of sulfonamides is 1. The van der Waals surface area contributed by atoms with Crippen molar-refractivity contribution in [1.29, 1.82) is 0 Å². The van der Waals surface area contributed by atoms with Crippen LogP contribution < -0.4 is 19.1 Å². The zero-order chi connectivity index (χ0) is 30.9. The predicted octanol–water partition coefficient (Wildman–Crippen LogP) is 5.30. The van der Waals surface area contributed by atoms with Crippen LogP contribution in [-0.4, -0.2) is 58.5 Å². The van der Waals surface area contributed by atoms with E-state index in [9.17, 15) is 18.0 Å². The molecule has 0 aliphatic heterocycles. The summed E-state index contributed by atoms with van der Waals surface area (Å²) in [5, 5.41) is 2.89. The topological polar surface area (TPSA) is 105 Å². The second-order valence-electron chi connectivity index (χ2n) is 9.83. The highest BCUT2D eigenvalue weighted by atomic mass is 79.9. The normalized spacial score (nSPS) is 11.9. The third-order valence-electron chi connectivity index (χ3n) is 6.78. The van der Waals surface area contributed by atoms with Crippen LogP contribution in [0.15, 0.2) is 76.1 Å². The van der Waals surface area contributed by atoms with Gasteiger partial charge in [-0.25, -0.2) is 8.42 Å². The van der Waals surface area contributed by atoms with Crippen LogP contribution in [0.1, 0.15) is 37.8 Å². The molecule has 0 bridgehead atoms. The Morgan fingerprint density at radius 1 is 1.00 bits per heavy atom. The Morgan fingerprint density at radius 3 is 2.33 bits per heavy atom. The van der Waals surface area contributed by atoms with Crippen molar-refractivity contribution in [1.82, 2.24) is 10.2 Å². The molecule has 0 aliphatic carbocycles. The van der Waals surface area contributed by atoms with Gasteiger partial charge >= 0.3 is 0 Å². The van der Waals surface area contributed by atoms with E-state index in [4.69, 9.17) is 9.47 Å². The fourth-order valence-corrected chi connectivity index (χ4v) is 6.16. The lowest BCUT2D eigenvalue weighted by molar-refractivity contribution is -0.139. The molecule has 3 aromatic rings. The van der Waals surface area contributed by atoms with Crippen molar-refractivity contribution in [3.8, 4) is 11.5 Å². The Balaban J connectivity index is 2.09. The number of methoxy groups -OCH3 is 2. The monoisotopic (exact) mass is 659 g/mol. The van der Waals surface area contributed by atoms with Crippen molar-refractivity contribution in [2.24, 2.45) is 0 Å². The molecule has 3 rings (SSSR count). The van der Waals surface area contributed by atoms with Gasteiger partial charge in [0.1, 0.15) is 24.1 Å². The molecule has 0 saturated carbocycles. The number of halogens is 1. The van der Waals surface area contributed by atoms with Crippen molar-refractivity contribution in [3.05, 3.63) is 82.3 Å². The van der Waals surface area contributed by atoms with Gasteiger partial charge < -0.3 is 19.7 Å². The Kier molecular flexibility index (Phi) is 11.8. The molecule has 42 heavy (non-hydrogen) atoms. The van der Waals surface area contributed by atoms with Gasteiger partial charge in [0.05, 0.1) is 24.8 Å². The first-order valence-corrected chi connectivity index (χ1v) is 15.9. The molecule has 0 saturated heterocycles. The first-order chi connectivity index (χ1) is 20.0. The van der Waals surface area contributed by atoms with Crippen molar-refractivity contribution < 1.29 is 27.5 Å². The zero-order valence-corrected chi connectivity index (χ0v) is 27.0. The number of hydrogen-bond donors (Lipinski definition) is 1. The molecule has 1 atom stereocenters. The maximum absolute atomic E-state index is 14.1. The van der Waals surface area contributed by atoms with Gasteiger partial charge in [-0.1, -0.05) is 59.1 Å². The molecular weight excluding hydrogens is 622 g/mol. The molecule has 0 aromatic heterocycles. The average molecular weight is 661 g/mol. The summed E-state index contributed by atoms with van der Waals surface area (Å²) in [6.45, 7) is 5.51. The van der Waals surface area contributed by atoms with Crippen LogP contribution in [0, 0.1) is 6.92 Å². The summed E-state index contributed by atoms with van der Waals surface area (Å²) in [6.07, 6.45) is 1.71. The minimum atomic E-state index is -4.26. The average Bonchev–Trinajstić information content (AvgIpc) is 2.98. The van der Waals surface area contributed by atoms with Gasteiger partial charge in [-0.05, 0) is 62.2 Å². The fourth-order valence-electron chi connectivity index (χ4n) is 4.29. The third kappa shape index (κ3) is 8.25. The van der Waals surface area contributed by atoms with E-state index in [1.807, 2.05) is 38.1 Å². The third-order valence-corrected chi connectivity index (χ3v) is 9.05. The predicted molar refractivity (Wildman–Crippen MR) is 167 cm³/mol. The van der Waals surface area contributed by atoms with Crippen LogP contribution in [0.4, 0.5) is 5.69 Å². The number of anilines is 1. The first-order valence-electron chi connectivity index (χ1n) is 13.6. The summed E-state index contributed by atoms with van der Waals surface area (Å²) in [7, 11) is -1.37. The second kappa shape index (κ2) is 15.1. The Hall–Kier alpha value is -3.57. The highest BCUT2D eigenvalue weighted by molar-refractivity contribution is 9.10. The van der Waals surface area contributed by atoms with E-state index in [0.29, 0.717) is 12.3 Å². The fraction of sp³-hybridized carbons (Fsp3) is 0.355. The SMILES string of the molecule is CCCCNC(=O)[C@@H](C)N(Cc1cccc(Br)c1)C(=O)CN(c1cc(OC)ccc1OC)S(=O)(=O)c1ccc(C)cc1. The number of nitrogens with zero attached hydrogens (tertiary/aromatic N) is 2. The van der Waals surface area contributed by atoms with Gasteiger partial charge in [-0.15, -0.1) is 0 Å². The quantitative estimate of drug-likeness (QED) is 0.235. The number of hydrogen-bond acceptors (Lipinski definition) is 6. The van der Waals surface area contributed by atoms with Gasteiger partial charge in [0.15, 0.2) is 0 Å². The summed E-state index contributed by atoms with van der Waals surface area (Å²) in [5.41, 5.74) is 1.80. The van der Waals surface area contributed by atoms with Gasteiger partial charge in [-0.2, -0.15) is 0 Å². The number of benzene rings is 3. The molecule has 226 valence electrons. The lowest BCUT2D eigenvalue weighted by Crippen LogP contribution is -2.51. The zero-order valence-electron chi connectivity index (χ0n) is 24.6. The number of carbonyl (C=O) groups is 2. The van der Waals surface area contributed by atoms with E-state index < -0.39 is 28.5 Å². The Bertz CT molecular complexity index is 1480.